The van der Waals surface area contributed by atoms with Gasteiger partial charge in [0.05, 0.1) is 24.7 Å². The second kappa shape index (κ2) is 14.1. The van der Waals surface area contributed by atoms with E-state index in [0.717, 1.165) is 0 Å². The van der Waals surface area contributed by atoms with Gasteiger partial charge < -0.3 is 93.8 Å². The highest BCUT2D eigenvalue weighted by molar-refractivity contribution is 5.80. The molecule has 0 aromatic carbocycles. The molecule has 7 unspecified atom stereocenters. The summed E-state index contributed by atoms with van der Waals surface area (Å²) in [5, 5.41) is 84.9. The maximum Gasteiger partial charge on any atom is 0.249 e. The minimum absolute atomic E-state index is 0.00234. The molecular weight excluding hydrogens is 556 g/mol. The third-order valence-electron chi connectivity index (χ3n) is 7.71. The molecule has 19 N–H and O–H groups in total. The van der Waals surface area contributed by atoms with Crippen LogP contribution in [0, 0.1) is 0 Å². The maximum atomic E-state index is 12.6. The predicted molar refractivity (Wildman–Crippen MR) is 135 cm³/mol. The summed E-state index contributed by atoms with van der Waals surface area (Å²) < 4.78 is 22.6. The Labute approximate surface area is 235 Å². The highest BCUT2D eigenvalue weighted by atomic mass is 16.7. The average molecular weight is 601 g/mol. The van der Waals surface area contributed by atoms with Crippen molar-refractivity contribution in [2.75, 3.05) is 19.7 Å². The number of hydrogen-bond donors (Lipinski definition) is 14. The number of aliphatic hydroxyl groups is 8. The predicted octanol–water partition coefficient (Wildman–Crippen LogP) is -9.14. The van der Waals surface area contributed by atoms with E-state index >= 15 is 0 Å². The van der Waals surface area contributed by atoms with Gasteiger partial charge in [-0.25, -0.2) is 0 Å². The molecule has 2 heterocycles. The Kier molecular flexibility index (Phi) is 11.7. The van der Waals surface area contributed by atoms with Gasteiger partial charge >= 0.3 is 0 Å². The normalized spacial score (nSPS) is 45.7. The molecule has 2 aliphatic heterocycles. The number of aliphatic hydroxyl groups excluding tert-OH is 6. The Hall–Kier alpha value is -1.21. The van der Waals surface area contributed by atoms with Crippen molar-refractivity contribution in [3.05, 3.63) is 0 Å². The zero-order valence-electron chi connectivity index (χ0n) is 22.2. The molecular formula is C22H44N6O13. The zero-order valence-corrected chi connectivity index (χ0v) is 22.2. The molecule has 240 valence electrons. The molecule has 15 atom stereocenters. The van der Waals surface area contributed by atoms with Crippen LogP contribution in [0.1, 0.15) is 12.8 Å². The molecule has 0 radical (unpaired) electrons. The fourth-order valence-electron chi connectivity index (χ4n) is 5.17. The molecule has 3 fully saturated rings. The molecule has 2 saturated heterocycles. The van der Waals surface area contributed by atoms with E-state index in [0.29, 0.717) is 0 Å². The first-order chi connectivity index (χ1) is 19.2. The van der Waals surface area contributed by atoms with Gasteiger partial charge in [0.1, 0.15) is 54.9 Å². The van der Waals surface area contributed by atoms with E-state index in [4.69, 9.17) is 47.6 Å². The van der Waals surface area contributed by atoms with Crippen LogP contribution < -0.4 is 34.0 Å². The summed E-state index contributed by atoms with van der Waals surface area (Å²) in [5.41, 5.74) is 29.0. The van der Waals surface area contributed by atoms with Crippen molar-refractivity contribution in [2.24, 2.45) is 28.7 Å². The number of carbonyl (C=O) groups is 1. The zero-order chi connectivity index (χ0) is 30.8. The van der Waals surface area contributed by atoms with Crippen LogP contribution in [0.15, 0.2) is 0 Å². The van der Waals surface area contributed by atoms with E-state index in [1.165, 1.54) is 0 Å². The molecule has 41 heavy (non-hydrogen) atoms. The Morgan fingerprint density at radius 1 is 0.951 bits per heavy atom. The molecule has 1 saturated carbocycles. The lowest BCUT2D eigenvalue weighted by Crippen LogP contribution is -2.72. The quantitative estimate of drug-likeness (QED) is 0.103. The fraction of sp³-hybridized carbons (Fsp3) is 0.955. The molecule has 0 aromatic rings. The number of ether oxygens (including phenoxy) is 4. The summed E-state index contributed by atoms with van der Waals surface area (Å²) in [6.45, 7) is -1.13. The summed E-state index contributed by atoms with van der Waals surface area (Å²) in [6.07, 6.45) is -17.3. The van der Waals surface area contributed by atoms with E-state index in [-0.39, 0.29) is 19.4 Å². The largest absolute Gasteiger partial charge is 0.394 e. The summed E-state index contributed by atoms with van der Waals surface area (Å²) in [5.74, 6) is -3.65. The first-order valence-electron chi connectivity index (χ1n) is 13.2. The standard InChI is InChI=1S/C22H44N6O13/c23-2-1-8(30)19(35)28-7-3-6(25)16(40-20-12(27)18(34)22(36,37)10(4-24)39-20)15(33)17(7)41-21-14(32)11(26)13(31)9(5-29)38-21/h6-18,20-21,29-34,36-37H,1-5,23-27H2,(H,28,35)/t6?,7-,8?,9?,10?,11+,12?,13-,14?,15-,16-,17?,18-,20-,21-/m1/s1. The minimum Gasteiger partial charge on any atom is -0.394 e. The minimum atomic E-state index is -2.80. The third kappa shape index (κ3) is 7.13. The summed E-state index contributed by atoms with van der Waals surface area (Å²) in [6, 6.07) is -5.03. The van der Waals surface area contributed by atoms with Crippen LogP contribution in [0.3, 0.4) is 0 Å². The summed E-state index contributed by atoms with van der Waals surface area (Å²) in [4.78, 5) is 12.6. The van der Waals surface area contributed by atoms with Gasteiger partial charge in [-0.05, 0) is 19.4 Å². The molecule has 1 aliphatic carbocycles. The Balaban J connectivity index is 1.86. The highest BCUT2D eigenvalue weighted by Gasteiger charge is 2.56. The van der Waals surface area contributed by atoms with E-state index in [2.05, 4.69) is 5.32 Å². The van der Waals surface area contributed by atoms with Gasteiger partial charge in [-0.3, -0.25) is 4.79 Å². The van der Waals surface area contributed by atoms with E-state index in [1.54, 1.807) is 0 Å². The monoisotopic (exact) mass is 600 g/mol. The van der Waals surface area contributed by atoms with Gasteiger partial charge in [0.2, 0.25) is 11.7 Å². The van der Waals surface area contributed by atoms with Gasteiger partial charge in [0.25, 0.3) is 0 Å². The first-order valence-corrected chi connectivity index (χ1v) is 13.2. The third-order valence-corrected chi connectivity index (χ3v) is 7.71. The van der Waals surface area contributed by atoms with Crippen molar-refractivity contribution in [2.45, 2.75) is 110 Å². The van der Waals surface area contributed by atoms with Crippen LogP contribution >= 0.6 is 0 Å². The first kappa shape index (κ1) is 34.3. The second-order valence-electron chi connectivity index (χ2n) is 10.6. The molecule has 1 amide bonds. The number of rotatable bonds is 10. The Bertz CT molecular complexity index is 857. The highest BCUT2D eigenvalue weighted by Crippen LogP contribution is 2.33. The molecule has 3 rings (SSSR count). The lowest BCUT2D eigenvalue weighted by molar-refractivity contribution is -0.369. The number of hydrogen-bond acceptors (Lipinski definition) is 18. The number of nitrogens with one attached hydrogen (secondary N) is 1. The molecule has 0 aromatic heterocycles. The molecule has 0 spiro atoms. The van der Waals surface area contributed by atoms with Crippen LogP contribution in [-0.4, -0.2) is 164 Å². The molecule has 3 aliphatic rings. The second-order valence-corrected chi connectivity index (χ2v) is 10.6. The van der Waals surface area contributed by atoms with Gasteiger partial charge in [-0.2, -0.15) is 0 Å². The summed E-state index contributed by atoms with van der Waals surface area (Å²) >= 11 is 0. The lowest BCUT2D eigenvalue weighted by Gasteiger charge is -2.50. The lowest BCUT2D eigenvalue weighted by atomic mass is 9.83. The van der Waals surface area contributed by atoms with Crippen molar-refractivity contribution in [3.8, 4) is 0 Å². The van der Waals surface area contributed by atoms with E-state index in [1.807, 2.05) is 0 Å². The smallest absolute Gasteiger partial charge is 0.249 e. The molecule has 0 bridgehead atoms. The van der Waals surface area contributed by atoms with E-state index < -0.39 is 117 Å². The van der Waals surface area contributed by atoms with Crippen molar-refractivity contribution in [3.63, 3.8) is 0 Å². The van der Waals surface area contributed by atoms with Crippen molar-refractivity contribution >= 4 is 5.91 Å². The SMILES string of the molecule is NCCC(O)C(=O)N[C@@H]1CC(N)[C@@H](O[C@H]2OC(CN)C(O)(O)[C@H](O)C2N)[C@@H](O)C1O[C@H]1OC(CO)[C@@H](O)[C@H](N)C1O. The molecule has 19 nitrogen and oxygen atoms in total. The van der Waals surface area contributed by atoms with Crippen molar-refractivity contribution < 1.29 is 64.6 Å². The Morgan fingerprint density at radius 2 is 1.59 bits per heavy atom. The molecule has 19 heteroatoms. The Morgan fingerprint density at radius 3 is 2.17 bits per heavy atom. The van der Waals surface area contributed by atoms with E-state index in [9.17, 15) is 45.6 Å². The number of amides is 1. The van der Waals surface area contributed by atoms with Crippen LogP contribution in [0.4, 0.5) is 0 Å². The number of carbonyl (C=O) groups excluding carboxylic acids is 1. The van der Waals surface area contributed by atoms with Crippen LogP contribution in [0.25, 0.3) is 0 Å². The van der Waals surface area contributed by atoms with Crippen LogP contribution in [-0.2, 0) is 23.7 Å². The summed E-state index contributed by atoms with van der Waals surface area (Å²) in [7, 11) is 0. The van der Waals surface area contributed by atoms with Crippen molar-refractivity contribution in [1.82, 2.24) is 5.32 Å². The number of nitrogens with two attached hydrogens (primary N) is 5. The van der Waals surface area contributed by atoms with Gasteiger partial charge in [0.15, 0.2) is 12.6 Å². The van der Waals surface area contributed by atoms with Crippen LogP contribution in [0.2, 0.25) is 0 Å². The topological polar surface area (TPSA) is 358 Å². The van der Waals surface area contributed by atoms with Gasteiger partial charge in [-0.1, -0.05) is 0 Å². The van der Waals surface area contributed by atoms with Gasteiger partial charge in [-0.15, -0.1) is 0 Å². The van der Waals surface area contributed by atoms with Crippen molar-refractivity contribution in [1.29, 1.82) is 0 Å². The van der Waals surface area contributed by atoms with Gasteiger partial charge in [0, 0.05) is 12.6 Å². The fourth-order valence-corrected chi connectivity index (χ4v) is 5.17. The average Bonchev–Trinajstić information content (AvgIpc) is 2.92. The van der Waals surface area contributed by atoms with Crippen LogP contribution in [0.5, 0.6) is 0 Å². The maximum absolute atomic E-state index is 12.6.